The van der Waals surface area contributed by atoms with Gasteiger partial charge in [0.2, 0.25) is 0 Å². The highest BCUT2D eigenvalue weighted by Crippen LogP contribution is 2.31. The van der Waals surface area contributed by atoms with Gasteiger partial charge in [0.05, 0.1) is 10.8 Å². The molecule has 0 aromatic heterocycles. The van der Waals surface area contributed by atoms with Crippen molar-refractivity contribution in [2.45, 2.75) is 12.8 Å². The minimum absolute atomic E-state index is 0.0272. The van der Waals surface area contributed by atoms with Crippen molar-refractivity contribution < 1.29 is 24.0 Å². The molecule has 0 aliphatic carbocycles. The SMILES string of the molecule is CNC(=O)NC(=O)COC(=O)C1CCN(c2ccccc2[N+](=O)[O-])CC1. The molecule has 140 valence electrons. The number of carbonyl (C=O) groups excluding carboxylic acids is 3. The van der Waals surface area contributed by atoms with Crippen LogP contribution in [0.3, 0.4) is 0 Å². The Morgan fingerprint density at radius 1 is 1.27 bits per heavy atom. The first-order chi connectivity index (χ1) is 12.4. The van der Waals surface area contributed by atoms with Crippen molar-refractivity contribution in [1.82, 2.24) is 10.6 Å². The van der Waals surface area contributed by atoms with Crippen LogP contribution < -0.4 is 15.5 Å². The third-order valence-corrected chi connectivity index (χ3v) is 4.07. The van der Waals surface area contributed by atoms with Gasteiger partial charge in [0.1, 0.15) is 5.69 Å². The zero-order valence-electron chi connectivity index (χ0n) is 14.3. The van der Waals surface area contributed by atoms with Crippen LogP contribution in [-0.2, 0) is 14.3 Å². The summed E-state index contributed by atoms with van der Waals surface area (Å²) < 4.78 is 4.93. The number of para-hydroxylation sites is 2. The first kappa shape index (κ1) is 19.2. The number of esters is 1. The summed E-state index contributed by atoms with van der Waals surface area (Å²) in [6.45, 7) is 0.404. The summed E-state index contributed by atoms with van der Waals surface area (Å²) in [4.78, 5) is 47.0. The van der Waals surface area contributed by atoms with Crippen LogP contribution in [0.4, 0.5) is 16.2 Å². The van der Waals surface area contributed by atoms with Gasteiger partial charge in [-0.25, -0.2) is 4.79 Å². The maximum Gasteiger partial charge on any atom is 0.321 e. The summed E-state index contributed by atoms with van der Waals surface area (Å²) in [5, 5.41) is 15.3. The lowest BCUT2D eigenvalue weighted by molar-refractivity contribution is -0.384. The van der Waals surface area contributed by atoms with Crippen molar-refractivity contribution >= 4 is 29.3 Å². The van der Waals surface area contributed by atoms with E-state index in [-0.39, 0.29) is 11.6 Å². The molecule has 0 saturated carbocycles. The molecule has 10 nitrogen and oxygen atoms in total. The number of nitrogens with one attached hydrogen (secondary N) is 2. The van der Waals surface area contributed by atoms with Crippen LogP contribution >= 0.6 is 0 Å². The zero-order chi connectivity index (χ0) is 19.1. The van der Waals surface area contributed by atoms with E-state index in [2.05, 4.69) is 5.32 Å². The molecule has 1 fully saturated rings. The lowest BCUT2D eigenvalue weighted by atomic mass is 9.96. The fraction of sp³-hybridized carbons (Fsp3) is 0.438. The van der Waals surface area contributed by atoms with Crippen LogP contribution in [0, 0.1) is 16.0 Å². The summed E-state index contributed by atoms with van der Waals surface area (Å²) >= 11 is 0. The Kier molecular flexibility index (Phi) is 6.48. The van der Waals surface area contributed by atoms with E-state index in [4.69, 9.17) is 4.74 Å². The third kappa shape index (κ3) is 4.91. The van der Waals surface area contributed by atoms with Crippen LogP contribution in [0.25, 0.3) is 0 Å². The smallest absolute Gasteiger partial charge is 0.321 e. The predicted octanol–water partition coefficient (Wildman–Crippen LogP) is 0.810. The number of anilines is 1. The number of hydrogen-bond acceptors (Lipinski definition) is 7. The molecular formula is C16H20N4O6. The van der Waals surface area contributed by atoms with Gasteiger partial charge in [-0.05, 0) is 18.9 Å². The first-order valence-corrected chi connectivity index (χ1v) is 8.09. The second kappa shape index (κ2) is 8.79. The number of amides is 3. The van der Waals surface area contributed by atoms with Gasteiger partial charge >= 0.3 is 12.0 Å². The van der Waals surface area contributed by atoms with Crippen molar-refractivity contribution in [2.75, 3.05) is 31.6 Å². The van der Waals surface area contributed by atoms with Gasteiger partial charge in [-0.2, -0.15) is 0 Å². The minimum Gasteiger partial charge on any atom is -0.455 e. The number of carbonyl (C=O) groups is 3. The average Bonchev–Trinajstić information content (AvgIpc) is 2.66. The van der Waals surface area contributed by atoms with Crippen molar-refractivity contribution in [3.63, 3.8) is 0 Å². The molecule has 0 spiro atoms. The number of nitrogens with zero attached hydrogens (tertiary/aromatic N) is 2. The average molecular weight is 364 g/mol. The summed E-state index contributed by atoms with van der Waals surface area (Å²) in [7, 11) is 1.36. The molecule has 1 aromatic carbocycles. The number of nitro groups is 1. The molecule has 1 aliphatic heterocycles. The highest BCUT2D eigenvalue weighted by Gasteiger charge is 2.29. The topological polar surface area (TPSA) is 131 Å². The van der Waals surface area contributed by atoms with E-state index in [9.17, 15) is 24.5 Å². The zero-order valence-corrected chi connectivity index (χ0v) is 14.3. The van der Waals surface area contributed by atoms with E-state index in [0.717, 1.165) is 0 Å². The second-order valence-electron chi connectivity index (χ2n) is 5.74. The standard InChI is InChI=1S/C16H20N4O6/c1-17-16(23)18-14(21)10-26-15(22)11-6-8-19(9-7-11)12-4-2-3-5-13(12)20(24)25/h2-5,11H,6-10H2,1H3,(H2,17,18,21,23). The Balaban J connectivity index is 1.85. The molecule has 1 saturated heterocycles. The molecule has 0 bridgehead atoms. The second-order valence-corrected chi connectivity index (χ2v) is 5.74. The van der Waals surface area contributed by atoms with Crippen molar-refractivity contribution in [1.29, 1.82) is 0 Å². The Bertz CT molecular complexity index is 700. The maximum atomic E-state index is 12.0. The van der Waals surface area contributed by atoms with Crippen LogP contribution in [0.5, 0.6) is 0 Å². The molecule has 2 N–H and O–H groups in total. The van der Waals surface area contributed by atoms with Crippen LogP contribution in [0.15, 0.2) is 24.3 Å². The largest absolute Gasteiger partial charge is 0.455 e. The number of imide groups is 1. The van der Waals surface area contributed by atoms with Gasteiger partial charge in [-0.3, -0.25) is 25.0 Å². The number of urea groups is 1. The number of nitro benzene ring substituents is 1. The number of hydrogen-bond donors (Lipinski definition) is 2. The fourth-order valence-corrected chi connectivity index (χ4v) is 2.72. The van der Waals surface area contributed by atoms with Crippen LogP contribution in [-0.4, -0.2) is 49.6 Å². The molecule has 3 amide bonds. The van der Waals surface area contributed by atoms with Crippen molar-refractivity contribution in [3.8, 4) is 0 Å². The van der Waals surface area contributed by atoms with Gasteiger partial charge in [-0.15, -0.1) is 0 Å². The Morgan fingerprint density at radius 3 is 2.54 bits per heavy atom. The molecule has 1 aromatic rings. The van der Waals surface area contributed by atoms with E-state index < -0.39 is 29.4 Å². The van der Waals surface area contributed by atoms with E-state index >= 15 is 0 Å². The molecule has 0 radical (unpaired) electrons. The van der Waals surface area contributed by atoms with E-state index in [1.807, 2.05) is 10.2 Å². The Labute approximate surface area is 149 Å². The number of ether oxygens (including phenoxy) is 1. The molecular weight excluding hydrogens is 344 g/mol. The summed E-state index contributed by atoms with van der Waals surface area (Å²) in [5.41, 5.74) is 0.550. The Morgan fingerprint density at radius 2 is 1.92 bits per heavy atom. The van der Waals surface area contributed by atoms with E-state index in [1.54, 1.807) is 18.2 Å². The van der Waals surface area contributed by atoms with Gasteiger partial charge in [-0.1, -0.05) is 12.1 Å². The lowest BCUT2D eigenvalue weighted by Crippen LogP contribution is -2.41. The molecule has 26 heavy (non-hydrogen) atoms. The highest BCUT2D eigenvalue weighted by atomic mass is 16.6. The van der Waals surface area contributed by atoms with Crippen molar-refractivity contribution in [2.24, 2.45) is 5.92 Å². The molecule has 2 rings (SSSR count). The predicted molar refractivity (Wildman–Crippen MR) is 91.6 cm³/mol. The monoisotopic (exact) mass is 364 g/mol. The molecule has 10 heteroatoms. The lowest BCUT2D eigenvalue weighted by Gasteiger charge is -2.32. The molecule has 1 aliphatic rings. The quantitative estimate of drug-likeness (QED) is 0.449. The van der Waals surface area contributed by atoms with Crippen molar-refractivity contribution in [3.05, 3.63) is 34.4 Å². The normalized spacial score (nSPS) is 14.4. The molecule has 0 atom stereocenters. The highest BCUT2D eigenvalue weighted by molar-refractivity contribution is 5.95. The molecule has 0 unspecified atom stereocenters. The fourth-order valence-electron chi connectivity index (χ4n) is 2.72. The summed E-state index contributed by atoms with van der Waals surface area (Å²) in [6, 6.07) is 5.79. The summed E-state index contributed by atoms with van der Waals surface area (Å²) in [5.74, 6) is -1.61. The summed E-state index contributed by atoms with van der Waals surface area (Å²) in [6.07, 6.45) is 0.921. The minimum atomic E-state index is -0.713. The van der Waals surface area contributed by atoms with Gasteiger partial charge in [0.15, 0.2) is 6.61 Å². The first-order valence-electron chi connectivity index (χ1n) is 8.09. The number of benzene rings is 1. The number of piperidine rings is 1. The van der Waals surface area contributed by atoms with E-state index in [0.29, 0.717) is 31.6 Å². The Hall–Kier alpha value is -3.17. The number of rotatable bonds is 5. The van der Waals surface area contributed by atoms with Gasteiger partial charge in [0, 0.05) is 26.2 Å². The van der Waals surface area contributed by atoms with E-state index in [1.165, 1.54) is 13.1 Å². The van der Waals surface area contributed by atoms with Gasteiger partial charge in [0.25, 0.3) is 11.6 Å². The van der Waals surface area contributed by atoms with Crippen LogP contribution in [0.2, 0.25) is 0 Å². The van der Waals surface area contributed by atoms with Gasteiger partial charge < -0.3 is 15.0 Å². The third-order valence-electron chi connectivity index (χ3n) is 4.07. The van der Waals surface area contributed by atoms with Crippen LogP contribution in [0.1, 0.15) is 12.8 Å². The maximum absolute atomic E-state index is 12.0. The molecule has 1 heterocycles.